The average Bonchev–Trinajstić information content (AvgIpc) is 1.84. The molecule has 50 valence electrons. The second-order valence-electron chi connectivity index (χ2n) is 1.30. The molecule has 0 aliphatic rings. The molecule has 0 aromatic heterocycles. The second-order valence-corrected chi connectivity index (χ2v) is 1.30. The summed E-state index contributed by atoms with van der Waals surface area (Å²) < 4.78 is 0. The zero-order valence-electron chi connectivity index (χ0n) is 5.26. The summed E-state index contributed by atoms with van der Waals surface area (Å²) in [6, 6.07) is 0. The molecule has 2 unspecified atom stereocenters. The van der Waals surface area contributed by atoms with Crippen LogP contribution in [-0.4, -0.2) is 21.2 Å². The first-order chi connectivity index (χ1) is 3.72. The van der Waals surface area contributed by atoms with E-state index in [9.17, 15) is 5.21 Å². The molecule has 5 heteroatoms. The zero-order chi connectivity index (χ0) is 6.57. The Morgan fingerprint density at radius 3 is 2.25 bits per heavy atom. The molecule has 0 saturated carbocycles. The molecular formula is C3H11N3O2. The van der Waals surface area contributed by atoms with Gasteiger partial charge in [0.15, 0.2) is 0 Å². The first kappa shape index (κ1) is 7.80. The van der Waals surface area contributed by atoms with E-state index in [0.29, 0.717) is 5.12 Å². The third kappa shape index (κ3) is 2.20. The van der Waals surface area contributed by atoms with Gasteiger partial charge in [0.25, 0.3) is 0 Å². The van der Waals surface area contributed by atoms with Gasteiger partial charge in [-0.25, -0.2) is 5.12 Å². The van der Waals surface area contributed by atoms with Crippen LogP contribution in [0.3, 0.4) is 0 Å². The molecule has 0 aromatic rings. The first-order valence-electron chi connectivity index (χ1n) is 2.24. The lowest BCUT2D eigenvalue weighted by molar-refractivity contribution is -1.54. The third-order valence-electron chi connectivity index (χ3n) is 0.816. The molecule has 0 aromatic carbocycles. The van der Waals surface area contributed by atoms with Gasteiger partial charge in [-0.15, -0.1) is 7.05 Å². The molecule has 0 saturated heterocycles. The Kier molecular flexibility index (Phi) is 3.67. The lowest BCUT2D eigenvalue weighted by Crippen LogP contribution is -3.54. The maximum atomic E-state index is 10.4. The molecule has 0 spiro atoms. The topological polar surface area (TPSA) is 55.3 Å². The van der Waals surface area contributed by atoms with Gasteiger partial charge in [-0.05, 0) is 0 Å². The minimum atomic E-state index is -0.368. The SMILES string of the molecule is C[N-][NH+](C)[NH+]([O-])OC. The number of quaternary nitrogens is 2. The van der Waals surface area contributed by atoms with Gasteiger partial charge >= 0.3 is 0 Å². The molecule has 0 amide bonds. The molecule has 0 aliphatic carbocycles. The van der Waals surface area contributed by atoms with Gasteiger partial charge in [0, 0.05) is 0 Å². The van der Waals surface area contributed by atoms with Gasteiger partial charge in [0.05, 0.1) is 0 Å². The Labute approximate surface area is 48.3 Å². The summed E-state index contributed by atoms with van der Waals surface area (Å²) in [7, 11) is 4.48. The van der Waals surface area contributed by atoms with Crippen molar-refractivity contribution in [2.24, 2.45) is 0 Å². The lowest BCUT2D eigenvalue weighted by atomic mass is 11.3. The molecular weight excluding hydrogens is 110 g/mol. The summed E-state index contributed by atoms with van der Waals surface area (Å²) in [6.07, 6.45) is 0. The van der Waals surface area contributed by atoms with Crippen LogP contribution in [-0.2, 0) is 4.84 Å². The van der Waals surface area contributed by atoms with Crippen molar-refractivity contribution >= 4 is 0 Å². The van der Waals surface area contributed by atoms with Crippen molar-refractivity contribution in [2.75, 3.05) is 21.2 Å². The van der Waals surface area contributed by atoms with Gasteiger partial charge in [-0.1, -0.05) is 5.34 Å². The Morgan fingerprint density at radius 1 is 1.62 bits per heavy atom. The van der Waals surface area contributed by atoms with Crippen LogP contribution in [0.15, 0.2) is 0 Å². The van der Waals surface area contributed by atoms with Gasteiger partial charge in [-0.2, -0.15) is 4.84 Å². The van der Waals surface area contributed by atoms with Crippen molar-refractivity contribution in [2.45, 2.75) is 0 Å². The maximum absolute atomic E-state index is 10.4. The molecule has 0 fully saturated rings. The number of nitrogens with one attached hydrogen (secondary N) is 2. The predicted molar refractivity (Wildman–Crippen MR) is 27.5 cm³/mol. The van der Waals surface area contributed by atoms with Gasteiger partial charge in [-0.3, -0.25) is 0 Å². The highest BCUT2D eigenvalue weighted by atomic mass is 16.9. The van der Waals surface area contributed by atoms with Crippen LogP contribution >= 0.6 is 0 Å². The van der Waals surface area contributed by atoms with E-state index in [4.69, 9.17) is 0 Å². The standard InChI is InChI=1S/C3H11N3O2/c1-4-5(2)6(7)8-3/h5-6H,1-3H3. The molecule has 5 nitrogen and oxygen atoms in total. The monoisotopic (exact) mass is 121 g/mol. The predicted octanol–water partition coefficient (Wildman–Crippen LogP) is -2.72. The van der Waals surface area contributed by atoms with E-state index in [1.807, 2.05) is 0 Å². The van der Waals surface area contributed by atoms with Crippen LogP contribution in [0.4, 0.5) is 0 Å². The Morgan fingerprint density at radius 2 is 2.12 bits per heavy atom. The van der Waals surface area contributed by atoms with Crippen molar-refractivity contribution < 1.29 is 15.3 Å². The van der Waals surface area contributed by atoms with E-state index in [1.54, 1.807) is 14.1 Å². The number of rotatable bonds is 3. The Hall–Kier alpha value is -0.200. The van der Waals surface area contributed by atoms with Crippen molar-refractivity contribution in [1.82, 2.24) is 0 Å². The highest BCUT2D eigenvalue weighted by Gasteiger charge is 1.93. The third-order valence-corrected chi connectivity index (χ3v) is 0.816. The summed E-state index contributed by atoms with van der Waals surface area (Å²) in [6.45, 7) is 0. The fourth-order valence-electron chi connectivity index (χ4n) is 0.239. The second kappa shape index (κ2) is 3.76. The highest BCUT2D eigenvalue weighted by molar-refractivity contribution is 4.31. The van der Waals surface area contributed by atoms with Gasteiger partial charge in [0.2, 0.25) is 0 Å². The summed E-state index contributed by atoms with van der Waals surface area (Å²) >= 11 is 0. The molecule has 0 heterocycles. The number of hydrogen-bond donors (Lipinski definition) is 2. The summed E-state index contributed by atoms with van der Waals surface area (Å²) in [4.78, 5) is 4.33. The van der Waals surface area contributed by atoms with Crippen molar-refractivity contribution in [3.63, 3.8) is 0 Å². The smallest absolute Gasteiger partial charge is 0.104 e. The molecule has 0 rings (SSSR count). The summed E-state index contributed by atoms with van der Waals surface area (Å²) in [5.74, 6) is 0. The number of nitrogens with zero attached hydrogens (tertiary/aromatic N) is 1. The molecule has 0 aliphatic heterocycles. The normalized spacial score (nSPS) is 18.0. The molecule has 2 atom stereocenters. The summed E-state index contributed by atoms with van der Waals surface area (Å²) in [5.41, 5.74) is 3.60. The van der Waals surface area contributed by atoms with Crippen LogP contribution in [0.1, 0.15) is 0 Å². The van der Waals surface area contributed by atoms with Crippen LogP contribution < -0.4 is 10.5 Å². The van der Waals surface area contributed by atoms with E-state index in [-0.39, 0.29) is 5.34 Å². The molecule has 0 bridgehead atoms. The van der Waals surface area contributed by atoms with Crippen molar-refractivity contribution in [1.29, 1.82) is 0 Å². The van der Waals surface area contributed by atoms with Crippen LogP contribution in [0.5, 0.6) is 0 Å². The minimum Gasteiger partial charge on any atom is -0.550 e. The molecule has 2 N–H and O–H groups in total. The van der Waals surface area contributed by atoms with E-state index < -0.39 is 0 Å². The quantitative estimate of drug-likeness (QED) is 0.398. The fourth-order valence-corrected chi connectivity index (χ4v) is 0.239. The average molecular weight is 121 g/mol. The Balaban J connectivity index is 3.29. The molecule has 8 heavy (non-hydrogen) atoms. The van der Waals surface area contributed by atoms with E-state index in [1.165, 1.54) is 7.11 Å². The zero-order valence-corrected chi connectivity index (χ0v) is 5.26. The lowest BCUT2D eigenvalue weighted by Gasteiger charge is -2.29. The van der Waals surface area contributed by atoms with E-state index in [2.05, 4.69) is 10.3 Å². The molecule has 0 radical (unpaired) electrons. The number of hydrogen-bond acceptors (Lipinski definition) is 2. The van der Waals surface area contributed by atoms with Crippen LogP contribution in [0, 0.1) is 5.21 Å². The Bertz CT molecular complexity index is 52.5. The van der Waals surface area contributed by atoms with Gasteiger partial charge < -0.3 is 10.6 Å². The highest BCUT2D eigenvalue weighted by Crippen LogP contribution is 1.41. The summed E-state index contributed by atoms with van der Waals surface area (Å²) in [5, 5.41) is 10.4. The first-order valence-corrected chi connectivity index (χ1v) is 2.24. The van der Waals surface area contributed by atoms with Crippen LogP contribution in [0.2, 0.25) is 0 Å². The van der Waals surface area contributed by atoms with E-state index >= 15 is 0 Å². The van der Waals surface area contributed by atoms with E-state index in [0.717, 1.165) is 0 Å². The minimum absolute atomic E-state index is 0.368. The van der Waals surface area contributed by atoms with Crippen LogP contribution in [0.25, 0.3) is 5.43 Å². The maximum Gasteiger partial charge on any atom is 0.104 e. The van der Waals surface area contributed by atoms with Crippen molar-refractivity contribution in [3.05, 3.63) is 10.6 Å². The fraction of sp³-hybridized carbons (Fsp3) is 1.00. The largest absolute Gasteiger partial charge is 0.550 e. The van der Waals surface area contributed by atoms with Gasteiger partial charge in [0.1, 0.15) is 14.2 Å². The van der Waals surface area contributed by atoms with Crippen molar-refractivity contribution in [3.8, 4) is 0 Å².